The average Bonchev–Trinajstić information content (AvgIpc) is 3.06. The zero-order chi connectivity index (χ0) is 13.9. The molecule has 0 saturated heterocycles. The summed E-state index contributed by atoms with van der Waals surface area (Å²) >= 11 is 2.76. The number of nitrogens with one attached hydrogen (secondary N) is 2. The van der Waals surface area contributed by atoms with E-state index in [1.807, 2.05) is 6.26 Å². The van der Waals surface area contributed by atoms with Crippen LogP contribution in [0.15, 0.2) is 4.34 Å². The molecule has 1 aliphatic rings. The van der Waals surface area contributed by atoms with Crippen molar-refractivity contribution in [2.24, 2.45) is 0 Å². The van der Waals surface area contributed by atoms with E-state index in [1.165, 1.54) is 23.1 Å². The summed E-state index contributed by atoms with van der Waals surface area (Å²) in [6, 6.07) is 2.18. The second kappa shape index (κ2) is 6.09. The van der Waals surface area contributed by atoms with Crippen molar-refractivity contribution in [2.45, 2.75) is 23.2 Å². The smallest absolute Gasteiger partial charge is 0.213 e. The van der Waals surface area contributed by atoms with Crippen molar-refractivity contribution in [3.8, 4) is 6.07 Å². The number of hydrogen-bond acceptors (Lipinski definition) is 7. The first-order valence-electron chi connectivity index (χ1n) is 5.73. The van der Waals surface area contributed by atoms with E-state index in [1.54, 1.807) is 0 Å². The van der Waals surface area contributed by atoms with Gasteiger partial charge in [-0.25, -0.2) is 18.1 Å². The lowest BCUT2D eigenvalue weighted by molar-refractivity contribution is 0.581. The van der Waals surface area contributed by atoms with Crippen molar-refractivity contribution in [3.63, 3.8) is 0 Å². The lowest BCUT2D eigenvalue weighted by Crippen LogP contribution is -2.31. The molecule has 0 atom stereocenters. The first kappa shape index (κ1) is 14.6. The zero-order valence-corrected chi connectivity index (χ0v) is 12.8. The van der Waals surface area contributed by atoms with Crippen LogP contribution in [0, 0.1) is 11.3 Å². The maximum Gasteiger partial charge on any atom is 0.213 e. The lowest BCUT2D eigenvalue weighted by Gasteiger charge is -2.06. The molecule has 1 fully saturated rings. The Morgan fingerprint density at radius 1 is 1.58 bits per heavy atom. The monoisotopic (exact) mass is 318 g/mol. The highest BCUT2D eigenvalue weighted by Gasteiger charge is 2.26. The van der Waals surface area contributed by atoms with Gasteiger partial charge in [0.2, 0.25) is 10.0 Å². The van der Waals surface area contributed by atoms with Gasteiger partial charge < -0.3 is 5.32 Å². The Labute approximate surface area is 120 Å². The predicted molar refractivity (Wildman–Crippen MR) is 77.0 cm³/mol. The molecule has 2 rings (SSSR count). The van der Waals surface area contributed by atoms with Gasteiger partial charge in [-0.1, -0.05) is 23.1 Å². The average molecular weight is 318 g/mol. The molecule has 0 spiro atoms. The molecule has 1 aromatic rings. The van der Waals surface area contributed by atoms with E-state index in [2.05, 4.69) is 21.1 Å². The highest BCUT2D eigenvalue weighted by molar-refractivity contribution is 8.00. The fourth-order valence-corrected chi connectivity index (χ4v) is 3.97. The molecular formula is C10H14N4O2S3. The van der Waals surface area contributed by atoms with Crippen LogP contribution in [-0.2, 0) is 10.0 Å². The molecule has 0 amide bonds. The van der Waals surface area contributed by atoms with Crippen molar-refractivity contribution < 1.29 is 8.42 Å². The summed E-state index contributed by atoms with van der Waals surface area (Å²) in [5.74, 6) is 0.457. The Kier molecular flexibility index (Phi) is 4.67. The van der Waals surface area contributed by atoms with Gasteiger partial charge >= 0.3 is 0 Å². The quantitative estimate of drug-likeness (QED) is 0.734. The molecule has 1 heterocycles. The minimum absolute atomic E-state index is 0.0134. The third-order valence-corrected chi connectivity index (χ3v) is 5.85. The van der Waals surface area contributed by atoms with Crippen LogP contribution < -0.4 is 10.0 Å². The lowest BCUT2D eigenvalue weighted by atomic mass is 10.5. The van der Waals surface area contributed by atoms with Gasteiger partial charge in [0.15, 0.2) is 10.2 Å². The Bertz CT molecular complexity index is 586. The van der Waals surface area contributed by atoms with Crippen LogP contribution >= 0.6 is 23.1 Å². The summed E-state index contributed by atoms with van der Waals surface area (Å²) in [7, 11) is -3.23. The molecule has 9 heteroatoms. The van der Waals surface area contributed by atoms with Gasteiger partial charge in [-0.15, -0.1) is 0 Å². The number of nitriles is 1. The number of aromatic nitrogens is 1. The molecule has 0 aromatic carbocycles. The Balaban J connectivity index is 1.88. The molecule has 0 bridgehead atoms. The number of sulfonamides is 1. The van der Waals surface area contributed by atoms with E-state index in [9.17, 15) is 8.42 Å². The number of thioether (sulfide) groups is 1. The van der Waals surface area contributed by atoms with Crippen molar-refractivity contribution >= 4 is 38.9 Å². The number of hydrogen-bond donors (Lipinski definition) is 2. The summed E-state index contributed by atoms with van der Waals surface area (Å²) in [6.45, 7) is 0.244. The minimum Gasteiger partial charge on any atom is -0.367 e. The van der Waals surface area contributed by atoms with Crippen molar-refractivity contribution in [3.05, 3.63) is 4.88 Å². The Hall–Kier alpha value is -0.820. The first-order valence-corrected chi connectivity index (χ1v) is 9.42. The van der Waals surface area contributed by atoms with Crippen LogP contribution in [0.25, 0.3) is 0 Å². The van der Waals surface area contributed by atoms with Gasteiger partial charge in [-0.2, -0.15) is 5.26 Å². The van der Waals surface area contributed by atoms with Gasteiger partial charge in [-0.05, 0) is 19.1 Å². The number of nitrogens with zero attached hydrogens (tertiary/aromatic N) is 2. The van der Waals surface area contributed by atoms with E-state index in [4.69, 9.17) is 5.26 Å². The minimum atomic E-state index is -3.23. The largest absolute Gasteiger partial charge is 0.367 e. The zero-order valence-electron chi connectivity index (χ0n) is 10.3. The van der Waals surface area contributed by atoms with Gasteiger partial charge in [0, 0.05) is 12.6 Å². The number of thiazole rings is 1. The molecule has 1 aliphatic carbocycles. The third kappa shape index (κ3) is 4.35. The van der Waals surface area contributed by atoms with Crippen LogP contribution in [0.5, 0.6) is 0 Å². The van der Waals surface area contributed by atoms with E-state index in [-0.39, 0.29) is 18.3 Å². The maximum absolute atomic E-state index is 11.6. The molecule has 1 saturated carbocycles. The van der Waals surface area contributed by atoms with E-state index < -0.39 is 10.0 Å². The standard InChI is InChI=1S/C10H14N4O2S3/c1-17-10-13-9(8(6-11)18-10)12-4-5-19(15,16)14-7-2-3-7/h7,12,14H,2-5H2,1H3. The number of anilines is 1. The second-order valence-electron chi connectivity index (χ2n) is 4.11. The third-order valence-electron chi connectivity index (χ3n) is 2.47. The van der Waals surface area contributed by atoms with Gasteiger partial charge in [0.05, 0.1) is 5.75 Å². The fourth-order valence-electron chi connectivity index (χ4n) is 1.40. The van der Waals surface area contributed by atoms with E-state index in [0.717, 1.165) is 17.2 Å². The van der Waals surface area contributed by atoms with Crippen LogP contribution in [0.2, 0.25) is 0 Å². The molecule has 2 N–H and O–H groups in total. The SMILES string of the molecule is CSc1nc(NCCS(=O)(=O)NC2CC2)c(C#N)s1. The summed E-state index contributed by atoms with van der Waals surface area (Å²) in [5, 5.41) is 11.9. The van der Waals surface area contributed by atoms with Gasteiger partial charge in [0.1, 0.15) is 10.9 Å². The molecular weight excluding hydrogens is 304 g/mol. The molecule has 19 heavy (non-hydrogen) atoms. The highest BCUT2D eigenvalue weighted by Crippen LogP contribution is 2.28. The Morgan fingerprint density at radius 2 is 2.32 bits per heavy atom. The topological polar surface area (TPSA) is 94.9 Å². The van der Waals surface area contributed by atoms with Crippen LogP contribution in [0.4, 0.5) is 5.82 Å². The molecule has 0 radical (unpaired) electrons. The highest BCUT2D eigenvalue weighted by atomic mass is 32.2. The maximum atomic E-state index is 11.6. The van der Waals surface area contributed by atoms with Crippen molar-refractivity contribution in [2.75, 3.05) is 23.9 Å². The van der Waals surface area contributed by atoms with Crippen LogP contribution in [-0.4, -0.2) is 38.0 Å². The molecule has 0 unspecified atom stereocenters. The molecule has 104 valence electrons. The summed E-state index contributed by atoms with van der Waals surface area (Å²) in [4.78, 5) is 4.71. The summed E-state index contributed by atoms with van der Waals surface area (Å²) in [5.41, 5.74) is 0. The fraction of sp³-hybridized carbons (Fsp3) is 0.600. The van der Waals surface area contributed by atoms with Crippen molar-refractivity contribution in [1.29, 1.82) is 5.26 Å². The van der Waals surface area contributed by atoms with Crippen LogP contribution in [0.3, 0.4) is 0 Å². The second-order valence-corrected chi connectivity index (χ2v) is 8.04. The van der Waals surface area contributed by atoms with Crippen LogP contribution in [0.1, 0.15) is 17.7 Å². The summed E-state index contributed by atoms with van der Waals surface area (Å²) in [6.07, 6.45) is 3.73. The van der Waals surface area contributed by atoms with E-state index >= 15 is 0 Å². The first-order chi connectivity index (χ1) is 9.04. The number of rotatable bonds is 7. The van der Waals surface area contributed by atoms with Gasteiger partial charge in [-0.3, -0.25) is 0 Å². The Morgan fingerprint density at radius 3 is 2.89 bits per heavy atom. The van der Waals surface area contributed by atoms with Gasteiger partial charge in [0.25, 0.3) is 0 Å². The summed E-state index contributed by atoms with van der Waals surface area (Å²) < 4.78 is 26.7. The molecule has 1 aromatic heterocycles. The molecule has 6 nitrogen and oxygen atoms in total. The van der Waals surface area contributed by atoms with Crippen molar-refractivity contribution in [1.82, 2.24) is 9.71 Å². The van der Waals surface area contributed by atoms with E-state index in [0.29, 0.717) is 10.7 Å². The predicted octanol–water partition coefficient (Wildman–Crippen LogP) is 1.23. The molecule has 0 aliphatic heterocycles. The normalized spacial score (nSPS) is 15.2.